The van der Waals surface area contributed by atoms with Crippen molar-refractivity contribution < 1.29 is 0 Å². The molecule has 1 aliphatic heterocycles. The first kappa shape index (κ1) is 16.4. The van der Waals surface area contributed by atoms with E-state index < -0.39 is 0 Å². The van der Waals surface area contributed by atoms with Gasteiger partial charge in [0.05, 0.1) is 12.1 Å². The molecule has 3 N–H and O–H groups in total. The van der Waals surface area contributed by atoms with E-state index in [0.717, 1.165) is 31.0 Å². The van der Waals surface area contributed by atoms with E-state index in [0.29, 0.717) is 6.54 Å². The summed E-state index contributed by atoms with van der Waals surface area (Å²) in [6.45, 7) is 3.23. The standard InChI is InChI=1S/C19H23N5S/c1-23(2)11-12-24-15-8-7-14(21-10-9-20)19-17(15)18(22-24)13-5-3-4-6-16(13)25-19/h3-8,21H,9-12,20H2,1-2H3. The molecular formula is C19H23N5S. The third-order valence-electron chi connectivity index (χ3n) is 4.44. The molecule has 0 aliphatic carbocycles. The topological polar surface area (TPSA) is 59.1 Å². The summed E-state index contributed by atoms with van der Waals surface area (Å²) in [5.74, 6) is 0. The van der Waals surface area contributed by atoms with Crippen LogP contribution in [0.15, 0.2) is 46.2 Å². The van der Waals surface area contributed by atoms with Crippen molar-refractivity contribution in [3.05, 3.63) is 36.4 Å². The Labute approximate surface area is 152 Å². The highest BCUT2D eigenvalue weighted by Crippen LogP contribution is 2.50. The van der Waals surface area contributed by atoms with Crippen LogP contribution in [0.3, 0.4) is 0 Å². The van der Waals surface area contributed by atoms with Gasteiger partial charge in [-0.25, -0.2) is 0 Å². The molecule has 6 heteroatoms. The molecule has 130 valence electrons. The van der Waals surface area contributed by atoms with E-state index in [2.05, 4.69) is 65.4 Å². The molecular weight excluding hydrogens is 330 g/mol. The number of hydrogen-bond acceptors (Lipinski definition) is 5. The van der Waals surface area contributed by atoms with Crippen LogP contribution in [0.4, 0.5) is 5.69 Å². The Morgan fingerprint density at radius 1 is 1.20 bits per heavy atom. The second-order valence-corrected chi connectivity index (χ2v) is 7.58. The van der Waals surface area contributed by atoms with Crippen LogP contribution in [0, 0.1) is 0 Å². The fraction of sp³-hybridized carbons (Fsp3) is 0.316. The first-order chi connectivity index (χ1) is 12.2. The van der Waals surface area contributed by atoms with Gasteiger partial charge < -0.3 is 16.0 Å². The van der Waals surface area contributed by atoms with Crippen molar-refractivity contribution >= 4 is 28.4 Å². The van der Waals surface area contributed by atoms with Crippen molar-refractivity contribution in [1.82, 2.24) is 14.7 Å². The average molecular weight is 353 g/mol. The zero-order chi connectivity index (χ0) is 17.4. The van der Waals surface area contributed by atoms with E-state index in [1.54, 1.807) is 0 Å². The molecule has 0 fully saturated rings. The van der Waals surface area contributed by atoms with Crippen LogP contribution in [0.25, 0.3) is 22.2 Å². The lowest BCUT2D eigenvalue weighted by molar-refractivity contribution is 0.377. The normalized spacial score (nSPS) is 12.6. The van der Waals surface area contributed by atoms with Gasteiger partial charge in [0.1, 0.15) is 5.69 Å². The molecule has 0 bridgehead atoms. The highest BCUT2D eigenvalue weighted by Gasteiger charge is 2.25. The maximum atomic E-state index is 5.68. The Hall–Kier alpha value is -2.02. The van der Waals surface area contributed by atoms with E-state index in [9.17, 15) is 0 Å². The lowest BCUT2D eigenvalue weighted by Gasteiger charge is -2.18. The fourth-order valence-corrected chi connectivity index (χ4v) is 4.40. The molecule has 0 spiro atoms. The van der Waals surface area contributed by atoms with Gasteiger partial charge in [0.15, 0.2) is 0 Å². The van der Waals surface area contributed by atoms with Gasteiger partial charge in [-0.3, -0.25) is 4.68 Å². The summed E-state index contributed by atoms with van der Waals surface area (Å²) >= 11 is 1.82. The van der Waals surface area contributed by atoms with Crippen molar-refractivity contribution in [2.24, 2.45) is 5.73 Å². The zero-order valence-electron chi connectivity index (χ0n) is 14.6. The summed E-state index contributed by atoms with van der Waals surface area (Å²) in [7, 11) is 4.19. The average Bonchev–Trinajstić information content (AvgIpc) is 2.99. The number of aromatic nitrogens is 2. The number of nitrogens with one attached hydrogen (secondary N) is 1. The molecule has 0 unspecified atom stereocenters. The Morgan fingerprint density at radius 2 is 2.04 bits per heavy atom. The SMILES string of the molecule is CN(C)CCn1nc2c3c(c(NCCN)ccc31)Sc1ccccc1-2. The number of rotatable bonds is 6. The molecule has 4 rings (SSSR count). The zero-order valence-corrected chi connectivity index (χ0v) is 15.4. The van der Waals surface area contributed by atoms with Crippen molar-refractivity contribution in [3.63, 3.8) is 0 Å². The second-order valence-electron chi connectivity index (χ2n) is 6.53. The van der Waals surface area contributed by atoms with Crippen molar-refractivity contribution in [3.8, 4) is 11.3 Å². The quantitative estimate of drug-likeness (QED) is 0.558. The molecule has 1 aliphatic rings. The number of anilines is 1. The van der Waals surface area contributed by atoms with Crippen LogP contribution in [-0.4, -0.2) is 48.4 Å². The summed E-state index contributed by atoms with van der Waals surface area (Å²) in [6, 6.07) is 12.9. The Morgan fingerprint density at radius 3 is 2.84 bits per heavy atom. The minimum atomic E-state index is 0.619. The van der Waals surface area contributed by atoms with Gasteiger partial charge in [0.25, 0.3) is 0 Å². The summed E-state index contributed by atoms with van der Waals surface area (Å²) in [6.07, 6.45) is 0. The molecule has 0 saturated heterocycles. The predicted octanol–water partition coefficient (Wildman–Crippen LogP) is 3.10. The molecule has 2 aromatic carbocycles. The third-order valence-corrected chi connectivity index (χ3v) is 5.65. The smallest absolute Gasteiger partial charge is 0.103 e. The molecule has 2 heterocycles. The summed E-state index contributed by atoms with van der Waals surface area (Å²) < 4.78 is 2.14. The van der Waals surface area contributed by atoms with Crippen LogP contribution in [-0.2, 0) is 6.54 Å². The molecule has 1 aromatic heterocycles. The Bertz CT molecular complexity index is 916. The van der Waals surface area contributed by atoms with Crippen molar-refractivity contribution in [2.45, 2.75) is 16.3 Å². The van der Waals surface area contributed by atoms with Gasteiger partial charge in [-0.15, -0.1) is 0 Å². The van der Waals surface area contributed by atoms with Crippen LogP contribution in [0.5, 0.6) is 0 Å². The van der Waals surface area contributed by atoms with E-state index in [4.69, 9.17) is 10.8 Å². The summed E-state index contributed by atoms with van der Waals surface area (Å²) in [5, 5.41) is 9.70. The van der Waals surface area contributed by atoms with Crippen molar-refractivity contribution in [1.29, 1.82) is 0 Å². The maximum Gasteiger partial charge on any atom is 0.103 e. The van der Waals surface area contributed by atoms with Gasteiger partial charge in [-0.05, 0) is 32.3 Å². The Balaban J connectivity index is 1.90. The number of benzene rings is 2. The predicted molar refractivity (Wildman–Crippen MR) is 105 cm³/mol. The van der Waals surface area contributed by atoms with Gasteiger partial charge in [0, 0.05) is 46.1 Å². The van der Waals surface area contributed by atoms with Crippen LogP contribution >= 0.6 is 11.8 Å². The van der Waals surface area contributed by atoms with Gasteiger partial charge in [-0.2, -0.15) is 5.10 Å². The van der Waals surface area contributed by atoms with Crippen LogP contribution in [0.1, 0.15) is 0 Å². The molecule has 3 aromatic rings. The van der Waals surface area contributed by atoms with Crippen LogP contribution in [0.2, 0.25) is 0 Å². The van der Waals surface area contributed by atoms with Gasteiger partial charge >= 0.3 is 0 Å². The van der Waals surface area contributed by atoms with E-state index in [1.807, 2.05) is 11.8 Å². The second kappa shape index (κ2) is 6.71. The highest BCUT2D eigenvalue weighted by molar-refractivity contribution is 8.00. The molecule has 5 nitrogen and oxygen atoms in total. The van der Waals surface area contributed by atoms with Crippen LogP contribution < -0.4 is 11.1 Å². The summed E-state index contributed by atoms with van der Waals surface area (Å²) in [4.78, 5) is 4.71. The molecule has 0 saturated carbocycles. The molecule has 0 radical (unpaired) electrons. The van der Waals surface area contributed by atoms with E-state index in [1.165, 1.54) is 26.3 Å². The first-order valence-electron chi connectivity index (χ1n) is 8.58. The minimum absolute atomic E-state index is 0.619. The monoisotopic (exact) mass is 353 g/mol. The third kappa shape index (κ3) is 2.90. The van der Waals surface area contributed by atoms with Crippen molar-refractivity contribution in [2.75, 3.05) is 39.0 Å². The number of fused-ring (bicyclic) bond motifs is 2. The van der Waals surface area contributed by atoms with Gasteiger partial charge in [0.2, 0.25) is 0 Å². The largest absolute Gasteiger partial charge is 0.383 e. The fourth-order valence-electron chi connectivity index (χ4n) is 3.21. The number of nitrogens with two attached hydrogens (primary N) is 1. The molecule has 0 atom stereocenters. The number of hydrogen-bond donors (Lipinski definition) is 2. The molecule has 0 amide bonds. The Kier molecular flexibility index (Phi) is 4.41. The van der Waals surface area contributed by atoms with E-state index in [-0.39, 0.29) is 0 Å². The molecule has 25 heavy (non-hydrogen) atoms. The minimum Gasteiger partial charge on any atom is -0.383 e. The highest BCUT2D eigenvalue weighted by atomic mass is 32.2. The summed E-state index contributed by atoms with van der Waals surface area (Å²) in [5.41, 5.74) is 10.3. The maximum absolute atomic E-state index is 5.68. The lowest BCUT2D eigenvalue weighted by Crippen LogP contribution is -2.19. The van der Waals surface area contributed by atoms with E-state index >= 15 is 0 Å². The van der Waals surface area contributed by atoms with Gasteiger partial charge in [-0.1, -0.05) is 30.0 Å². The lowest BCUT2D eigenvalue weighted by atomic mass is 10.1. The first-order valence-corrected chi connectivity index (χ1v) is 9.40. The number of likely N-dealkylation sites (N-methyl/N-ethyl adjacent to an activating group) is 1. The number of nitrogens with zero attached hydrogens (tertiary/aromatic N) is 3.